The van der Waals surface area contributed by atoms with Gasteiger partial charge in [0.25, 0.3) is 0 Å². The lowest BCUT2D eigenvalue weighted by Gasteiger charge is -2.10. The minimum absolute atomic E-state index is 0. The summed E-state index contributed by atoms with van der Waals surface area (Å²) in [6, 6.07) is 10.2. The van der Waals surface area contributed by atoms with Gasteiger partial charge in [0.15, 0.2) is 5.96 Å². The number of nitrogens with zero attached hydrogens (tertiary/aromatic N) is 2. The lowest BCUT2D eigenvalue weighted by atomic mass is 10.2. The van der Waals surface area contributed by atoms with E-state index in [2.05, 4.69) is 32.1 Å². The van der Waals surface area contributed by atoms with Crippen LogP contribution in [-0.4, -0.2) is 24.5 Å². The van der Waals surface area contributed by atoms with E-state index in [-0.39, 0.29) is 29.8 Å². The molecule has 0 radical (unpaired) electrons. The predicted octanol–water partition coefficient (Wildman–Crippen LogP) is 4.07. The second-order valence-corrected chi connectivity index (χ2v) is 6.37. The highest BCUT2D eigenvalue weighted by Crippen LogP contribution is 2.18. The van der Waals surface area contributed by atoms with Crippen molar-refractivity contribution in [1.29, 1.82) is 0 Å². The van der Waals surface area contributed by atoms with Crippen molar-refractivity contribution in [2.45, 2.75) is 13.0 Å². The quantitative estimate of drug-likeness (QED) is 0.314. The van der Waals surface area contributed by atoms with Crippen molar-refractivity contribution < 1.29 is 8.81 Å². The number of benzene rings is 1. The Labute approximate surface area is 172 Å². The van der Waals surface area contributed by atoms with Gasteiger partial charge in [0.2, 0.25) is 5.89 Å². The van der Waals surface area contributed by atoms with Crippen LogP contribution in [0, 0.1) is 5.82 Å². The van der Waals surface area contributed by atoms with Crippen molar-refractivity contribution in [2.24, 2.45) is 4.99 Å². The minimum atomic E-state index is -0.277. The summed E-state index contributed by atoms with van der Waals surface area (Å²) in [5.74, 6) is 0.965. The fraction of sp³-hybridized carbons (Fsp3) is 0.222. The van der Waals surface area contributed by atoms with Gasteiger partial charge in [-0.05, 0) is 35.7 Å². The average Bonchev–Trinajstić information content (AvgIpc) is 3.30. The van der Waals surface area contributed by atoms with Crippen LogP contribution in [0.2, 0.25) is 0 Å². The topological polar surface area (TPSA) is 62.5 Å². The standard InChI is InChI=1S/C18H19FN4OS.HI/c1-20-18(22-11-16-3-2-10-25-16)21-9-8-15-12-24-17(23-15)13-4-6-14(19)7-5-13;/h2-7,10,12H,8-9,11H2,1H3,(H2,20,21,22);1H. The lowest BCUT2D eigenvalue weighted by molar-refractivity contribution is 0.571. The first-order chi connectivity index (χ1) is 12.2. The first-order valence-corrected chi connectivity index (χ1v) is 8.80. The zero-order chi connectivity index (χ0) is 17.5. The molecule has 5 nitrogen and oxygen atoms in total. The molecule has 2 aromatic heterocycles. The summed E-state index contributed by atoms with van der Waals surface area (Å²) in [6.45, 7) is 1.43. The highest BCUT2D eigenvalue weighted by Gasteiger charge is 2.07. The molecule has 2 heterocycles. The van der Waals surface area contributed by atoms with Crippen LogP contribution >= 0.6 is 35.3 Å². The van der Waals surface area contributed by atoms with Crippen molar-refractivity contribution in [3.8, 4) is 11.5 Å². The Balaban J connectivity index is 0.00000243. The molecule has 26 heavy (non-hydrogen) atoms. The zero-order valence-corrected chi connectivity index (χ0v) is 17.4. The number of guanidine groups is 1. The highest BCUT2D eigenvalue weighted by atomic mass is 127. The van der Waals surface area contributed by atoms with Crippen LogP contribution in [-0.2, 0) is 13.0 Å². The maximum atomic E-state index is 13.0. The Morgan fingerprint density at radius 2 is 2.04 bits per heavy atom. The summed E-state index contributed by atoms with van der Waals surface area (Å²) in [6.07, 6.45) is 2.33. The zero-order valence-electron chi connectivity index (χ0n) is 14.2. The number of hydrogen-bond donors (Lipinski definition) is 2. The van der Waals surface area contributed by atoms with Gasteiger partial charge in [0, 0.05) is 30.5 Å². The van der Waals surface area contributed by atoms with Crippen molar-refractivity contribution in [2.75, 3.05) is 13.6 Å². The van der Waals surface area contributed by atoms with Gasteiger partial charge in [0.05, 0.1) is 12.2 Å². The number of hydrogen-bond acceptors (Lipinski definition) is 4. The van der Waals surface area contributed by atoms with Crippen molar-refractivity contribution in [3.63, 3.8) is 0 Å². The van der Waals surface area contributed by atoms with Crippen LogP contribution in [0.25, 0.3) is 11.5 Å². The molecule has 0 unspecified atom stereocenters. The Morgan fingerprint density at radius 1 is 1.23 bits per heavy atom. The highest BCUT2D eigenvalue weighted by molar-refractivity contribution is 14.0. The largest absolute Gasteiger partial charge is 0.444 e. The summed E-state index contributed by atoms with van der Waals surface area (Å²) < 4.78 is 18.4. The van der Waals surface area contributed by atoms with Crippen LogP contribution in [0.5, 0.6) is 0 Å². The SMILES string of the molecule is CN=C(NCCc1coc(-c2ccc(F)cc2)n1)NCc1cccs1.I. The molecular weight excluding hydrogens is 466 g/mol. The van der Waals surface area contributed by atoms with Gasteiger partial charge in [-0.3, -0.25) is 4.99 Å². The third-order valence-corrected chi connectivity index (χ3v) is 4.43. The molecule has 138 valence electrons. The number of halogens is 2. The molecule has 0 fully saturated rings. The van der Waals surface area contributed by atoms with Gasteiger partial charge in [-0.1, -0.05) is 6.07 Å². The summed E-state index contributed by atoms with van der Waals surface area (Å²) >= 11 is 1.71. The maximum Gasteiger partial charge on any atom is 0.226 e. The van der Waals surface area contributed by atoms with Gasteiger partial charge in [0.1, 0.15) is 12.1 Å². The lowest BCUT2D eigenvalue weighted by Crippen LogP contribution is -2.37. The molecule has 8 heteroatoms. The van der Waals surface area contributed by atoms with Gasteiger partial charge in [-0.2, -0.15) is 0 Å². The molecule has 0 aliphatic carbocycles. The van der Waals surface area contributed by atoms with E-state index in [0.29, 0.717) is 18.9 Å². The third-order valence-electron chi connectivity index (χ3n) is 3.55. The van der Waals surface area contributed by atoms with Crippen molar-refractivity contribution in [1.82, 2.24) is 15.6 Å². The molecule has 0 aliphatic heterocycles. The van der Waals surface area contributed by atoms with Gasteiger partial charge in [-0.15, -0.1) is 35.3 Å². The van der Waals surface area contributed by atoms with E-state index in [9.17, 15) is 4.39 Å². The van der Waals surface area contributed by atoms with E-state index in [1.807, 2.05) is 6.07 Å². The normalized spacial score (nSPS) is 11.1. The molecule has 2 N–H and O–H groups in total. The van der Waals surface area contributed by atoms with Crippen LogP contribution in [0.15, 0.2) is 57.5 Å². The van der Waals surface area contributed by atoms with Gasteiger partial charge >= 0.3 is 0 Å². The molecule has 3 aromatic rings. The Morgan fingerprint density at radius 3 is 2.73 bits per heavy atom. The molecule has 0 bridgehead atoms. The number of aromatic nitrogens is 1. The third kappa shape index (κ3) is 5.80. The van der Waals surface area contributed by atoms with E-state index < -0.39 is 0 Å². The Hall–Kier alpha value is -1.94. The van der Waals surface area contributed by atoms with Crippen molar-refractivity contribution in [3.05, 3.63) is 64.4 Å². The Kier molecular flexibility index (Phi) is 8.05. The molecular formula is C18H20FIN4OS. The minimum Gasteiger partial charge on any atom is -0.444 e. The van der Waals surface area contributed by atoms with Crippen LogP contribution in [0.3, 0.4) is 0 Å². The number of aliphatic imine (C=N–C) groups is 1. The number of nitrogens with one attached hydrogen (secondary N) is 2. The van der Waals surface area contributed by atoms with E-state index in [1.165, 1.54) is 17.0 Å². The summed E-state index contributed by atoms with van der Waals surface area (Å²) in [4.78, 5) is 9.88. The second kappa shape index (κ2) is 10.3. The van der Waals surface area contributed by atoms with Crippen LogP contribution in [0.4, 0.5) is 4.39 Å². The molecule has 0 amide bonds. The molecule has 3 rings (SSSR count). The monoisotopic (exact) mass is 486 g/mol. The number of rotatable bonds is 6. The summed E-state index contributed by atoms with van der Waals surface area (Å²) in [5.41, 5.74) is 1.59. The predicted molar refractivity (Wildman–Crippen MR) is 114 cm³/mol. The summed E-state index contributed by atoms with van der Waals surface area (Å²) in [5, 5.41) is 8.57. The van der Waals surface area contributed by atoms with E-state index in [1.54, 1.807) is 36.8 Å². The molecule has 0 saturated carbocycles. The van der Waals surface area contributed by atoms with Gasteiger partial charge < -0.3 is 15.1 Å². The van der Waals surface area contributed by atoms with E-state index in [4.69, 9.17) is 4.42 Å². The first-order valence-electron chi connectivity index (χ1n) is 7.92. The van der Waals surface area contributed by atoms with Crippen molar-refractivity contribution >= 4 is 41.3 Å². The fourth-order valence-electron chi connectivity index (χ4n) is 2.26. The second-order valence-electron chi connectivity index (χ2n) is 5.33. The van der Waals surface area contributed by atoms with Crippen LogP contribution < -0.4 is 10.6 Å². The average molecular weight is 486 g/mol. The molecule has 1 aromatic carbocycles. The van der Waals surface area contributed by atoms with Gasteiger partial charge in [-0.25, -0.2) is 9.37 Å². The number of oxazole rings is 1. The molecule has 0 atom stereocenters. The Bertz CT molecular complexity index is 818. The first kappa shape index (κ1) is 20.4. The number of thiophene rings is 1. The molecule has 0 spiro atoms. The molecule has 0 aliphatic rings. The smallest absolute Gasteiger partial charge is 0.226 e. The maximum absolute atomic E-state index is 13.0. The summed E-state index contributed by atoms with van der Waals surface area (Å²) in [7, 11) is 1.74. The van der Waals surface area contributed by atoms with Crippen LogP contribution in [0.1, 0.15) is 10.6 Å². The van der Waals surface area contributed by atoms with E-state index >= 15 is 0 Å². The fourth-order valence-corrected chi connectivity index (χ4v) is 2.91. The van der Waals surface area contributed by atoms with E-state index in [0.717, 1.165) is 23.8 Å². The molecule has 0 saturated heterocycles.